The average Bonchev–Trinajstić information content (AvgIpc) is 3.57. The second-order valence-corrected chi connectivity index (χ2v) is 21.5. The van der Waals surface area contributed by atoms with E-state index in [4.69, 9.17) is 39.3 Å². The molecule has 16 aromatic rings. The smallest absolute Gasteiger partial charge is 0.238 e. The highest BCUT2D eigenvalue weighted by Gasteiger charge is 2.37. The summed E-state index contributed by atoms with van der Waals surface area (Å²) in [5, 5.41) is 6.43. The minimum atomic E-state index is -0.271. The third-order valence-corrected chi connectivity index (χ3v) is 17.0. The van der Waals surface area contributed by atoms with Crippen LogP contribution in [0.5, 0.6) is 0 Å². The van der Waals surface area contributed by atoms with Gasteiger partial charge in [0.2, 0.25) is 17.6 Å². The molecule has 6 aromatic heterocycles. The largest absolute Gasteiger partial charge is 0.456 e. The number of para-hydroxylation sites is 3. The average molecular weight is 1060 g/mol. The summed E-state index contributed by atoms with van der Waals surface area (Å²) in [6.07, 6.45) is 0. The molecule has 0 spiro atoms. The van der Waals surface area contributed by atoms with Crippen LogP contribution in [0.3, 0.4) is 0 Å². The highest BCUT2D eigenvalue weighted by Crippen LogP contribution is 2.50. The summed E-state index contributed by atoms with van der Waals surface area (Å²) < 4.78 is 10.7. The second kappa shape index (κ2) is 17.6. The molecule has 0 aliphatic heterocycles. The maximum Gasteiger partial charge on any atom is 0.238 e. The molecule has 0 radical (unpaired) electrons. The topological polar surface area (TPSA) is 113 Å². The second-order valence-electron chi connectivity index (χ2n) is 21.5. The van der Waals surface area contributed by atoms with Crippen LogP contribution in [-0.2, 0) is 0 Å². The predicted octanol–water partition coefficient (Wildman–Crippen LogP) is 16.9. The summed E-state index contributed by atoms with van der Waals surface area (Å²) in [7, 11) is 0. The van der Waals surface area contributed by atoms with Crippen molar-refractivity contribution in [1.29, 1.82) is 0 Å². The van der Waals surface area contributed by atoms with Crippen molar-refractivity contribution in [3.8, 4) is 68.3 Å². The van der Waals surface area contributed by atoms with Gasteiger partial charge in [-0.3, -0.25) is 9.13 Å². The molecule has 10 heteroatoms. The van der Waals surface area contributed by atoms with E-state index in [0.717, 1.165) is 110 Å². The Morgan fingerprint density at radius 2 is 0.855 bits per heavy atom. The van der Waals surface area contributed by atoms with Crippen molar-refractivity contribution >= 4 is 65.6 Å². The SMILES string of the molecule is c1ccc(-c2nc(-c3nc(C4c5ccccc5-c5ccccc54)nc(C4c5ccccc5-c5ccccc54)n3)nc(-n3c4ccccc4c4c3ccc3c5ccccc5n(-c5cccc(-c6ccc7oc8ccccc8c7c6)n5)c34)n2)cc1. The van der Waals surface area contributed by atoms with Gasteiger partial charge in [-0.25, -0.2) is 24.9 Å². The van der Waals surface area contributed by atoms with Gasteiger partial charge < -0.3 is 4.42 Å². The third-order valence-electron chi connectivity index (χ3n) is 17.0. The quantitative estimate of drug-likeness (QED) is 0.155. The number of fused-ring (bicyclic) bond motifs is 16. The summed E-state index contributed by atoms with van der Waals surface area (Å²) in [4.78, 5) is 38.4. The van der Waals surface area contributed by atoms with Crippen molar-refractivity contribution in [2.75, 3.05) is 0 Å². The fourth-order valence-electron chi connectivity index (χ4n) is 13.5. The summed E-state index contributed by atoms with van der Waals surface area (Å²) in [5.74, 6) is 3.14. The molecule has 386 valence electrons. The van der Waals surface area contributed by atoms with Crippen LogP contribution in [0, 0.1) is 0 Å². The molecular weight excluding hydrogens is 1020 g/mol. The van der Waals surface area contributed by atoms with Gasteiger partial charge in [0.05, 0.1) is 39.6 Å². The lowest BCUT2D eigenvalue weighted by molar-refractivity contribution is 0.669. The minimum absolute atomic E-state index is 0.271. The minimum Gasteiger partial charge on any atom is -0.456 e. The number of pyridine rings is 1. The Morgan fingerprint density at radius 3 is 1.53 bits per heavy atom. The van der Waals surface area contributed by atoms with E-state index in [2.05, 4.69) is 209 Å². The van der Waals surface area contributed by atoms with E-state index in [1.165, 1.54) is 22.3 Å². The van der Waals surface area contributed by atoms with Crippen molar-refractivity contribution in [3.63, 3.8) is 0 Å². The van der Waals surface area contributed by atoms with Crippen molar-refractivity contribution in [2.24, 2.45) is 0 Å². The number of benzene rings is 10. The van der Waals surface area contributed by atoms with Gasteiger partial charge in [-0.15, -0.1) is 0 Å². The predicted molar refractivity (Wildman–Crippen MR) is 329 cm³/mol. The van der Waals surface area contributed by atoms with E-state index in [1.807, 2.05) is 48.5 Å². The fourth-order valence-corrected chi connectivity index (χ4v) is 13.5. The monoisotopic (exact) mass is 1060 g/mol. The van der Waals surface area contributed by atoms with Crippen molar-refractivity contribution in [1.82, 2.24) is 44.0 Å². The van der Waals surface area contributed by atoms with Gasteiger partial charge in [0.25, 0.3) is 0 Å². The summed E-state index contributed by atoms with van der Waals surface area (Å²) >= 11 is 0. The van der Waals surface area contributed by atoms with Crippen molar-refractivity contribution in [3.05, 3.63) is 283 Å². The van der Waals surface area contributed by atoms with Crippen molar-refractivity contribution < 1.29 is 4.42 Å². The van der Waals surface area contributed by atoms with Gasteiger partial charge in [0, 0.05) is 43.4 Å². The van der Waals surface area contributed by atoms with Gasteiger partial charge in [0.1, 0.15) is 28.6 Å². The Bertz CT molecular complexity index is 5180. The van der Waals surface area contributed by atoms with Crippen LogP contribution in [0.25, 0.3) is 134 Å². The summed E-state index contributed by atoms with van der Waals surface area (Å²) in [6.45, 7) is 0. The lowest BCUT2D eigenvalue weighted by Gasteiger charge is -2.18. The first-order valence-corrected chi connectivity index (χ1v) is 28.0. The molecule has 0 atom stereocenters. The number of aromatic nitrogens is 9. The van der Waals surface area contributed by atoms with Gasteiger partial charge in [-0.2, -0.15) is 9.97 Å². The Hall–Kier alpha value is -11.2. The molecular formula is C73H43N9O. The Morgan fingerprint density at radius 1 is 0.313 bits per heavy atom. The summed E-state index contributed by atoms with van der Waals surface area (Å²) in [5.41, 5.74) is 17.6. The highest BCUT2D eigenvalue weighted by molar-refractivity contribution is 6.26. The third kappa shape index (κ3) is 6.81. The van der Waals surface area contributed by atoms with E-state index in [0.29, 0.717) is 35.1 Å². The number of hydrogen-bond acceptors (Lipinski definition) is 8. The van der Waals surface area contributed by atoms with Crippen LogP contribution < -0.4 is 0 Å². The molecule has 0 saturated heterocycles. The Balaban J connectivity index is 0.878. The Labute approximate surface area is 474 Å². The van der Waals surface area contributed by atoms with Crippen LogP contribution in [0.2, 0.25) is 0 Å². The molecule has 2 aliphatic carbocycles. The number of furan rings is 1. The van der Waals surface area contributed by atoms with Crippen LogP contribution in [0.4, 0.5) is 0 Å². The molecule has 0 unspecified atom stereocenters. The lowest BCUT2D eigenvalue weighted by Crippen LogP contribution is -2.15. The molecule has 2 aliphatic rings. The number of nitrogens with zero attached hydrogens (tertiary/aromatic N) is 9. The molecule has 83 heavy (non-hydrogen) atoms. The van der Waals surface area contributed by atoms with Crippen molar-refractivity contribution in [2.45, 2.75) is 11.8 Å². The zero-order valence-corrected chi connectivity index (χ0v) is 44.3. The highest BCUT2D eigenvalue weighted by atomic mass is 16.3. The number of rotatable bonds is 7. The van der Waals surface area contributed by atoms with Gasteiger partial charge in [-0.1, -0.05) is 194 Å². The molecule has 0 amide bonds. The molecule has 6 heterocycles. The molecule has 18 rings (SSSR count). The zero-order chi connectivity index (χ0) is 54.3. The molecule has 0 fully saturated rings. The molecule has 0 bridgehead atoms. The lowest BCUT2D eigenvalue weighted by atomic mass is 9.94. The standard InChI is InChI=1S/C73H43N9O/c1-2-19-42(20-3-1)68-75-72(71-77-69(64-50-27-8-4-21-44(50)45-22-5-9-28-51(45)64)76-70(78-71)65-52-29-10-6-23-46(52)47-24-7-11-30-53(47)65)80-73(79-68)81-59-34-16-13-31-55(59)66-60(81)39-38-54-48-25-12-15-33-58(48)82(67(54)66)63-36-18-32-57(74-63)43-37-40-62-56(41-43)49-26-14-17-35-61(49)83-62/h1-41,64-65H. The zero-order valence-electron chi connectivity index (χ0n) is 44.3. The van der Waals surface area contributed by atoms with Gasteiger partial charge in [0.15, 0.2) is 5.82 Å². The first-order chi connectivity index (χ1) is 41.2. The molecule has 0 N–H and O–H groups in total. The van der Waals surface area contributed by atoms with Crippen LogP contribution >= 0.6 is 0 Å². The normalized spacial score (nSPS) is 13.0. The van der Waals surface area contributed by atoms with Gasteiger partial charge in [-0.05, 0) is 99.1 Å². The van der Waals surface area contributed by atoms with Crippen LogP contribution in [0.1, 0.15) is 45.7 Å². The first-order valence-electron chi connectivity index (χ1n) is 28.0. The Kier molecular flexibility index (Phi) is 9.69. The molecule has 0 saturated carbocycles. The van der Waals surface area contributed by atoms with Gasteiger partial charge >= 0.3 is 0 Å². The first kappa shape index (κ1) is 45.6. The fraction of sp³-hybridized carbons (Fsp3) is 0.0274. The maximum atomic E-state index is 6.23. The van der Waals surface area contributed by atoms with Crippen LogP contribution in [-0.4, -0.2) is 44.0 Å². The molecule has 10 nitrogen and oxygen atoms in total. The number of hydrogen-bond donors (Lipinski definition) is 0. The maximum absolute atomic E-state index is 6.23. The summed E-state index contributed by atoms with van der Waals surface area (Å²) in [6, 6.07) is 86.9. The van der Waals surface area contributed by atoms with E-state index >= 15 is 0 Å². The van der Waals surface area contributed by atoms with E-state index in [1.54, 1.807) is 0 Å². The van der Waals surface area contributed by atoms with E-state index in [-0.39, 0.29) is 11.8 Å². The van der Waals surface area contributed by atoms with E-state index < -0.39 is 0 Å². The molecule has 10 aromatic carbocycles. The van der Waals surface area contributed by atoms with E-state index in [9.17, 15) is 0 Å². The van der Waals surface area contributed by atoms with Crippen LogP contribution in [0.15, 0.2) is 253 Å².